The van der Waals surface area contributed by atoms with Crippen LogP contribution in [-0.4, -0.2) is 35.6 Å². The van der Waals surface area contributed by atoms with E-state index in [1.807, 2.05) is 43.3 Å². The zero-order valence-electron chi connectivity index (χ0n) is 16.0. The normalized spacial score (nSPS) is 11.7. The Morgan fingerprint density at radius 2 is 1.82 bits per heavy atom. The molecule has 28 heavy (non-hydrogen) atoms. The highest BCUT2D eigenvalue weighted by Gasteiger charge is 2.27. The van der Waals surface area contributed by atoms with Gasteiger partial charge in [-0.25, -0.2) is 0 Å². The van der Waals surface area contributed by atoms with Gasteiger partial charge in [-0.3, -0.25) is 9.59 Å². The van der Waals surface area contributed by atoms with Gasteiger partial charge in [0.05, 0.1) is 10.0 Å². The van der Waals surface area contributed by atoms with Crippen LogP contribution in [0.1, 0.15) is 25.3 Å². The van der Waals surface area contributed by atoms with Crippen molar-refractivity contribution in [1.29, 1.82) is 0 Å². The lowest BCUT2D eigenvalue weighted by Crippen LogP contribution is -2.48. The number of halogens is 2. The first kappa shape index (κ1) is 22.6. The maximum absolute atomic E-state index is 13.0. The van der Waals surface area contributed by atoms with E-state index in [4.69, 9.17) is 23.2 Å². The summed E-state index contributed by atoms with van der Waals surface area (Å²) in [5, 5.41) is 3.54. The molecule has 0 aromatic heterocycles. The number of nitrogens with zero attached hydrogens (tertiary/aromatic N) is 1. The molecule has 2 rings (SSSR count). The molecular weight excluding hydrogens is 415 g/mol. The number of hydrogen-bond acceptors (Lipinski definition) is 3. The van der Waals surface area contributed by atoms with Crippen molar-refractivity contribution in [3.63, 3.8) is 0 Å². The molecule has 150 valence electrons. The van der Waals surface area contributed by atoms with Crippen LogP contribution in [0.15, 0.2) is 53.4 Å². The van der Waals surface area contributed by atoms with Crippen molar-refractivity contribution in [2.45, 2.75) is 37.2 Å². The van der Waals surface area contributed by atoms with Gasteiger partial charge in [0.15, 0.2) is 0 Å². The molecule has 0 aliphatic rings. The summed E-state index contributed by atoms with van der Waals surface area (Å²) in [5.74, 6) is 0.404. The van der Waals surface area contributed by atoms with Gasteiger partial charge in [-0.15, -0.1) is 11.8 Å². The average Bonchev–Trinajstić information content (AvgIpc) is 2.70. The summed E-state index contributed by atoms with van der Waals surface area (Å²) in [6.07, 6.45) is 0.868. The summed E-state index contributed by atoms with van der Waals surface area (Å²) in [4.78, 5) is 28.1. The van der Waals surface area contributed by atoms with E-state index in [1.165, 1.54) is 0 Å². The van der Waals surface area contributed by atoms with Gasteiger partial charge in [-0.2, -0.15) is 0 Å². The standard InChI is InChI=1S/C21H24Cl2N2O2S/c1-3-19(21(27)24-2)25(14-15-9-10-17(22)18(23)13-15)20(26)11-12-28-16-7-5-4-6-8-16/h4-10,13,19H,3,11-12,14H2,1-2H3,(H,24,27)/t19-/m1/s1. The summed E-state index contributed by atoms with van der Waals surface area (Å²) in [6, 6.07) is 14.7. The molecular formula is C21H24Cl2N2O2S. The number of carbonyl (C=O) groups excluding carboxylic acids is 2. The Balaban J connectivity index is 2.12. The Hall–Kier alpha value is -1.69. The lowest BCUT2D eigenvalue weighted by atomic mass is 10.1. The van der Waals surface area contributed by atoms with Crippen LogP contribution >= 0.6 is 35.0 Å². The number of likely N-dealkylation sites (N-methyl/N-ethyl adjacent to an activating group) is 1. The molecule has 0 aliphatic heterocycles. The Morgan fingerprint density at radius 1 is 1.11 bits per heavy atom. The second-order valence-electron chi connectivity index (χ2n) is 6.22. The number of thioether (sulfide) groups is 1. The van der Waals surface area contributed by atoms with Crippen LogP contribution < -0.4 is 5.32 Å². The maximum atomic E-state index is 13.0. The second kappa shape index (κ2) is 11.3. The molecule has 7 heteroatoms. The second-order valence-corrected chi connectivity index (χ2v) is 8.20. The van der Waals surface area contributed by atoms with E-state index >= 15 is 0 Å². The molecule has 0 saturated heterocycles. The fraction of sp³-hybridized carbons (Fsp3) is 0.333. The summed E-state index contributed by atoms with van der Waals surface area (Å²) in [5.41, 5.74) is 0.834. The van der Waals surface area contributed by atoms with E-state index in [0.717, 1.165) is 10.5 Å². The molecule has 0 saturated carbocycles. The molecule has 0 bridgehead atoms. The predicted octanol–water partition coefficient (Wildman–Crippen LogP) is 5.03. The number of hydrogen-bond donors (Lipinski definition) is 1. The molecule has 0 heterocycles. The van der Waals surface area contributed by atoms with Crippen molar-refractivity contribution in [3.8, 4) is 0 Å². The summed E-state index contributed by atoms with van der Waals surface area (Å²) < 4.78 is 0. The number of carbonyl (C=O) groups is 2. The van der Waals surface area contributed by atoms with Gasteiger partial charge in [-0.1, -0.05) is 54.4 Å². The van der Waals surface area contributed by atoms with E-state index in [2.05, 4.69) is 5.32 Å². The highest BCUT2D eigenvalue weighted by molar-refractivity contribution is 7.99. The Labute approximate surface area is 180 Å². The largest absolute Gasteiger partial charge is 0.357 e. The lowest BCUT2D eigenvalue weighted by molar-refractivity contribution is -0.140. The fourth-order valence-electron chi connectivity index (χ4n) is 2.84. The van der Waals surface area contributed by atoms with Gasteiger partial charge in [0.1, 0.15) is 6.04 Å². The smallest absolute Gasteiger partial charge is 0.242 e. The van der Waals surface area contributed by atoms with Crippen LogP contribution in [-0.2, 0) is 16.1 Å². The SMILES string of the molecule is CC[C@H](C(=O)NC)N(Cc1ccc(Cl)c(Cl)c1)C(=O)CCSc1ccccc1. The molecule has 4 nitrogen and oxygen atoms in total. The summed E-state index contributed by atoms with van der Waals surface area (Å²) >= 11 is 13.7. The lowest BCUT2D eigenvalue weighted by Gasteiger charge is -2.30. The number of amides is 2. The van der Waals surface area contributed by atoms with Crippen molar-refractivity contribution in [3.05, 3.63) is 64.1 Å². The Kier molecular flexibility index (Phi) is 9.16. The van der Waals surface area contributed by atoms with Gasteiger partial charge in [-0.05, 0) is 36.2 Å². The molecule has 0 fully saturated rings. The average molecular weight is 439 g/mol. The third-order valence-corrected chi connectivity index (χ3v) is 6.05. The molecule has 1 N–H and O–H groups in total. The molecule has 2 amide bonds. The number of nitrogens with one attached hydrogen (secondary N) is 1. The van der Waals surface area contributed by atoms with Gasteiger partial charge >= 0.3 is 0 Å². The van der Waals surface area contributed by atoms with Crippen molar-refractivity contribution < 1.29 is 9.59 Å². The van der Waals surface area contributed by atoms with Gasteiger partial charge in [0.2, 0.25) is 11.8 Å². The first-order valence-electron chi connectivity index (χ1n) is 9.09. The van der Waals surface area contributed by atoms with E-state index in [1.54, 1.807) is 35.8 Å². The van der Waals surface area contributed by atoms with Crippen LogP contribution in [0.5, 0.6) is 0 Å². The molecule has 2 aromatic rings. The van der Waals surface area contributed by atoms with Gasteiger partial charge < -0.3 is 10.2 Å². The fourth-order valence-corrected chi connectivity index (χ4v) is 4.02. The minimum atomic E-state index is -0.534. The number of benzene rings is 2. The van der Waals surface area contributed by atoms with Crippen LogP contribution in [0, 0.1) is 0 Å². The topological polar surface area (TPSA) is 49.4 Å². The van der Waals surface area contributed by atoms with E-state index in [-0.39, 0.29) is 11.8 Å². The van der Waals surface area contributed by atoms with Crippen molar-refractivity contribution in [2.24, 2.45) is 0 Å². The molecule has 0 aliphatic carbocycles. The predicted molar refractivity (Wildman–Crippen MR) is 117 cm³/mol. The zero-order chi connectivity index (χ0) is 20.5. The first-order chi connectivity index (χ1) is 13.5. The van der Waals surface area contributed by atoms with Crippen LogP contribution in [0.25, 0.3) is 0 Å². The van der Waals surface area contributed by atoms with Crippen molar-refractivity contribution in [1.82, 2.24) is 10.2 Å². The molecule has 0 unspecified atom stereocenters. The van der Waals surface area contributed by atoms with E-state index < -0.39 is 6.04 Å². The minimum Gasteiger partial charge on any atom is -0.357 e. The Bertz CT molecular complexity index is 802. The third-order valence-electron chi connectivity index (χ3n) is 4.30. The highest BCUT2D eigenvalue weighted by Crippen LogP contribution is 2.25. The van der Waals surface area contributed by atoms with Crippen molar-refractivity contribution >= 4 is 46.8 Å². The van der Waals surface area contributed by atoms with Crippen LogP contribution in [0.2, 0.25) is 10.0 Å². The number of rotatable bonds is 9. The first-order valence-corrected chi connectivity index (χ1v) is 10.8. The van der Waals surface area contributed by atoms with Crippen molar-refractivity contribution in [2.75, 3.05) is 12.8 Å². The van der Waals surface area contributed by atoms with Crippen LogP contribution in [0.3, 0.4) is 0 Å². The maximum Gasteiger partial charge on any atom is 0.242 e. The highest BCUT2D eigenvalue weighted by atomic mass is 35.5. The molecule has 1 atom stereocenters. The van der Waals surface area contributed by atoms with Gasteiger partial charge in [0, 0.05) is 30.7 Å². The molecule has 0 spiro atoms. The van der Waals surface area contributed by atoms with Crippen LogP contribution in [0.4, 0.5) is 0 Å². The van der Waals surface area contributed by atoms with Gasteiger partial charge in [0.25, 0.3) is 0 Å². The third kappa shape index (κ3) is 6.43. The van der Waals surface area contributed by atoms with E-state index in [0.29, 0.717) is 35.2 Å². The monoisotopic (exact) mass is 438 g/mol. The van der Waals surface area contributed by atoms with E-state index in [9.17, 15) is 9.59 Å². The summed E-state index contributed by atoms with van der Waals surface area (Å²) in [6.45, 7) is 2.20. The zero-order valence-corrected chi connectivity index (χ0v) is 18.3. The quantitative estimate of drug-likeness (QED) is 0.558. The molecule has 0 radical (unpaired) electrons. The summed E-state index contributed by atoms with van der Waals surface area (Å²) in [7, 11) is 1.58. The minimum absolute atomic E-state index is 0.0649. The Morgan fingerprint density at radius 3 is 2.43 bits per heavy atom. The molecule has 2 aromatic carbocycles.